The topological polar surface area (TPSA) is 48.4 Å². The van der Waals surface area contributed by atoms with Gasteiger partial charge in [-0.15, -0.1) is 0 Å². The van der Waals surface area contributed by atoms with Gasteiger partial charge in [0.1, 0.15) is 5.66 Å². The molecule has 2 aromatic carbocycles. The predicted octanol–water partition coefficient (Wildman–Crippen LogP) is 3.33. The number of hydrogen-bond acceptors (Lipinski definition) is 4. The van der Waals surface area contributed by atoms with Crippen molar-refractivity contribution in [3.8, 4) is 0 Å². The zero-order valence-corrected chi connectivity index (χ0v) is 13.0. The molecule has 0 fully saturated rings. The number of aliphatic hydroxyl groups excluding tert-OH is 1. The first-order valence-electron chi connectivity index (χ1n) is 7.82. The molecule has 1 unspecified atom stereocenters. The van der Waals surface area contributed by atoms with E-state index in [2.05, 4.69) is 58.6 Å². The van der Waals surface area contributed by atoms with Gasteiger partial charge < -0.3 is 15.3 Å². The van der Waals surface area contributed by atoms with Crippen LogP contribution in [0.2, 0.25) is 0 Å². The van der Waals surface area contributed by atoms with Crippen LogP contribution in [-0.4, -0.2) is 23.7 Å². The fourth-order valence-electron chi connectivity index (χ4n) is 3.60. The van der Waals surface area contributed by atoms with Crippen LogP contribution in [0.4, 0.5) is 11.4 Å². The Kier molecular flexibility index (Phi) is 3.20. The smallest absolute Gasteiger partial charge is 0.141 e. The fraction of sp³-hybridized carbons (Fsp3) is 0.211. The second-order valence-electron chi connectivity index (χ2n) is 5.92. The minimum absolute atomic E-state index is 0.0918. The number of nitrogens with one attached hydrogen (secondary N) is 1. The summed E-state index contributed by atoms with van der Waals surface area (Å²) in [4.78, 5) is 6.81. The van der Waals surface area contributed by atoms with E-state index in [1.165, 1.54) is 0 Å². The Labute approximate surface area is 135 Å². The number of hydrogen-bond donors (Lipinski definition) is 2. The molecule has 0 radical (unpaired) electrons. The van der Waals surface area contributed by atoms with Crippen LogP contribution in [0.5, 0.6) is 0 Å². The highest BCUT2D eigenvalue weighted by Crippen LogP contribution is 2.46. The maximum atomic E-state index is 9.73. The average molecular weight is 305 g/mol. The van der Waals surface area contributed by atoms with Crippen molar-refractivity contribution in [2.24, 2.45) is 0 Å². The van der Waals surface area contributed by atoms with Gasteiger partial charge in [0.15, 0.2) is 0 Å². The van der Waals surface area contributed by atoms with Crippen LogP contribution in [0.3, 0.4) is 0 Å². The predicted molar refractivity (Wildman–Crippen MR) is 93.6 cm³/mol. The van der Waals surface area contributed by atoms with Crippen LogP contribution in [0.1, 0.15) is 12.0 Å². The molecule has 116 valence electrons. The SMILES string of the molecule is CN1c2ccccc2NC1(CCO)c1cccc2cccnc12. The molecule has 3 aromatic rings. The lowest BCUT2D eigenvalue weighted by Gasteiger charge is -2.38. The Hall–Kier alpha value is -2.59. The van der Waals surface area contributed by atoms with Crippen molar-refractivity contribution in [1.82, 2.24) is 4.98 Å². The van der Waals surface area contributed by atoms with E-state index in [-0.39, 0.29) is 6.61 Å². The quantitative estimate of drug-likeness (QED) is 0.779. The van der Waals surface area contributed by atoms with Crippen LogP contribution < -0.4 is 10.2 Å². The number of anilines is 2. The average Bonchev–Trinajstić information content (AvgIpc) is 2.88. The fourth-order valence-corrected chi connectivity index (χ4v) is 3.60. The van der Waals surface area contributed by atoms with Gasteiger partial charge in [0.05, 0.1) is 16.9 Å². The molecule has 4 nitrogen and oxygen atoms in total. The van der Waals surface area contributed by atoms with Crippen LogP contribution in [0.25, 0.3) is 10.9 Å². The maximum Gasteiger partial charge on any atom is 0.141 e. The molecule has 4 heteroatoms. The first kappa shape index (κ1) is 14.0. The number of aromatic nitrogens is 1. The van der Waals surface area contributed by atoms with Crippen LogP contribution in [0, 0.1) is 0 Å². The summed E-state index contributed by atoms with van der Waals surface area (Å²) in [5.74, 6) is 0. The van der Waals surface area contributed by atoms with E-state index in [0.29, 0.717) is 6.42 Å². The van der Waals surface area contributed by atoms with E-state index < -0.39 is 5.66 Å². The molecule has 0 saturated heterocycles. The minimum atomic E-state index is -0.494. The molecule has 4 rings (SSSR count). The summed E-state index contributed by atoms with van der Waals surface area (Å²) in [7, 11) is 2.07. The van der Waals surface area contributed by atoms with Gasteiger partial charge >= 0.3 is 0 Å². The summed E-state index contributed by atoms with van der Waals surface area (Å²) in [5.41, 5.74) is 3.77. The van der Waals surface area contributed by atoms with Crippen molar-refractivity contribution in [3.05, 3.63) is 66.4 Å². The normalized spacial score (nSPS) is 19.7. The highest BCUT2D eigenvalue weighted by atomic mass is 16.3. The van der Waals surface area contributed by atoms with Gasteiger partial charge in [-0.2, -0.15) is 0 Å². The second-order valence-corrected chi connectivity index (χ2v) is 5.92. The lowest BCUT2D eigenvalue weighted by atomic mass is 9.93. The lowest BCUT2D eigenvalue weighted by molar-refractivity contribution is 0.250. The largest absolute Gasteiger partial charge is 0.396 e. The molecule has 0 amide bonds. The summed E-state index contributed by atoms with van der Waals surface area (Å²) < 4.78 is 0. The number of fused-ring (bicyclic) bond motifs is 2. The van der Waals surface area contributed by atoms with Crippen molar-refractivity contribution in [3.63, 3.8) is 0 Å². The van der Waals surface area contributed by atoms with Crippen molar-refractivity contribution >= 4 is 22.3 Å². The minimum Gasteiger partial charge on any atom is -0.396 e. The van der Waals surface area contributed by atoms with E-state index in [1.807, 2.05) is 24.4 Å². The summed E-state index contributed by atoms with van der Waals surface area (Å²) >= 11 is 0. The molecule has 0 saturated carbocycles. The molecule has 1 aliphatic heterocycles. The molecule has 1 aliphatic rings. The molecule has 0 spiro atoms. The summed E-state index contributed by atoms with van der Waals surface area (Å²) in [6, 6.07) is 18.5. The zero-order valence-electron chi connectivity index (χ0n) is 13.0. The molecule has 2 heterocycles. The van der Waals surface area contributed by atoms with Gasteiger partial charge in [0.2, 0.25) is 0 Å². The van der Waals surface area contributed by atoms with Gasteiger partial charge in [-0.1, -0.05) is 36.4 Å². The lowest BCUT2D eigenvalue weighted by Crippen LogP contribution is -2.47. The monoisotopic (exact) mass is 305 g/mol. The highest BCUT2D eigenvalue weighted by Gasteiger charge is 2.43. The first-order valence-corrected chi connectivity index (χ1v) is 7.82. The van der Waals surface area contributed by atoms with E-state index in [0.717, 1.165) is 27.8 Å². The Morgan fingerprint density at radius 2 is 1.91 bits per heavy atom. The Balaban J connectivity index is 1.96. The van der Waals surface area contributed by atoms with Gasteiger partial charge in [0, 0.05) is 37.2 Å². The van der Waals surface area contributed by atoms with Crippen LogP contribution in [-0.2, 0) is 5.66 Å². The highest BCUT2D eigenvalue weighted by molar-refractivity contribution is 5.87. The number of nitrogens with zero attached hydrogens (tertiary/aromatic N) is 2. The number of aliphatic hydroxyl groups is 1. The Morgan fingerprint density at radius 3 is 2.74 bits per heavy atom. The second kappa shape index (κ2) is 5.25. The number of benzene rings is 2. The van der Waals surface area contributed by atoms with E-state index in [1.54, 1.807) is 0 Å². The Morgan fingerprint density at radius 1 is 1.09 bits per heavy atom. The van der Waals surface area contributed by atoms with Gasteiger partial charge in [-0.05, 0) is 18.2 Å². The van der Waals surface area contributed by atoms with Crippen LogP contribution >= 0.6 is 0 Å². The third-order valence-electron chi connectivity index (χ3n) is 4.73. The van der Waals surface area contributed by atoms with Gasteiger partial charge in [-0.3, -0.25) is 4.98 Å². The number of pyridine rings is 1. The Bertz CT molecular complexity index is 859. The van der Waals surface area contributed by atoms with Crippen molar-refractivity contribution < 1.29 is 5.11 Å². The van der Waals surface area contributed by atoms with E-state index in [4.69, 9.17) is 0 Å². The van der Waals surface area contributed by atoms with Gasteiger partial charge in [-0.25, -0.2) is 0 Å². The summed E-state index contributed by atoms with van der Waals surface area (Å²) in [5, 5.41) is 14.5. The van der Waals surface area contributed by atoms with Crippen molar-refractivity contribution in [2.45, 2.75) is 12.1 Å². The third kappa shape index (κ3) is 1.99. The molecule has 1 atom stereocenters. The molecule has 0 bridgehead atoms. The van der Waals surface area contributed by atoms with Crippen LogP contribution in [0.15, 0.2) is 60.8 Å². The number of rotatable bonds is 3. The molecule has 1 aromatic heterocycles. The number of para-hydroxylation sites is 3. The van der Waals surface area contributed by atoms with E-state index in [9.17, 15) is 5.11 Å². The third-order valence-corrected chi connectivity index (χ3v) is 4.73. The molecular formula is C19H19N3O. The molecule has 2 N–H and O–H groups in total. The summed E-state index contributed by atoms with van der Waals surface area (Å²) in [6.45, 7) is 0.0918. The van der Waals surface area contributed by atoms with Crippen molar-refractivity contribution in [2.75, 3.05) is 23.9 Å². The standard InChI is InChI=1S/C19H19N3O/c1-22-17-10-3-2-9-16(17)21-19(22,11-13-23)15-8-4-6-14-7-5-12-20-18(14)15/h2-10,12,21,23H,11,13H2,1H3. The van der Waals surface area contributed by atoms with Crippen molar-refractivity contribution in [1.29, 1.82) is 0 Å². The van der Waals surface area contributed by atoms with E-state index >= 15 is 0 Å². The first-order chi connectivity index (χ1) is 11.3. The summed E-state index contributed by atoms with van der Waals surface area (Å²) in [6.07, 6.45) is 2.40. The molecule has 23 heavy (non-hydrogen) atoms. The molecule has 0 aliphatic carbocycles. The molecular weight excluding hydrogens is 286 g/mol. The maximum absolute atomic E-state index is 9.73. The van der Waals surface area contributed by atoms with Gasteiger partial charge in [0.25, 0.3) is 0 Å². The zero-order chi connectivity index (χ0) is 15.9.